The van der Waals surface area contributed by atoms with Crippen LogP contribution in [0.4, 0.5) is 0 Å². The first kappa shape index (κ1) is 14.3. The summed E-state index contributed by atoms with van der Waals surface area (Å²) >= 11 is 6.04. The predicted octanol–water partition coefficient (Wildman–Crippen LogP) is 2.59. The van der Waals surface area contributed by atoms with Gasteiger partial charge in [0.25, 0.3) is 5.91 Å². The van der Waals surface area contributed by atoms with Gasteiger partial charge in [-0.05, 0) is 31.2 Å². The number of carbonyl (C=O) groups excluding carboxylic acids is 1. The molecule has 0 bridgehead atoms. The molecule has 6 heteroatoms. The fraction of sp³-hybridized carbons (Fsp3) is 0.533. The van der Waals surface area contributed by atoms with Gasteiger partial charge < -0.3 is 10.0 Å². The van der Waals surface area contributed by atoms with Crippen molar-refractivity contribution in [2.24, 2.45) is 5.92 Å². The molecule has 2 heterocycles. The zero-order valence-electron chi connectivity index (χ0n) is 11.5. The number of carboxylic acids is 1. The van der Waals surface area contributed by atoms with Crippen LogP contribution in [-0.4, -0.2) is 39.0 Å². The van der Waals surface area contributed by atoms with Crippen LogP contribution in [0.2, 0.25) is 5.02 Å². The second-order valence-electron chi connectivity index (χ2n) is 5.77. The van der Waals surface area contributed by atoms with Crippen LogP contribution >= 0.6 is 11.6 Å². The quantitative estimate of drug-likeness (QED) is 0.911. The van der Waals surface area contributed by atoms with E-state index in [2.05, 4.69) is 4.98 Å². The minimum atomic E-state index is -0.928. The van der Waals surface area contributed by atoms with Crippen LogP contribution < -0.4 is 0 Å². The average Bonchev–Trinajstić information content (AvgIpc) is 2.86. The zero-order chi connectivity index (χ0) is 15.0. The largest absolute Gasteiger partial charge is 0.480 e. The van der Waals surface area contributed by atoms with Crippen LogP contribution in [-0.2, 0) is 4.79 Å². The Labute approximate surface area is 127 Å². The monoisotopic (exact) mass is 308 g/mol. The van der Waals surface area contributed by atoms with E-state index in [4.69, 9.17) is 11.6 Å². The molecule has 1 saturated heterocycles. The highest BCUT2D eigenvalue weighted by Gasteiger charge is 2.47. The van der Waals surface area contributed by atoms with Gasteiger partial charge in [-0.25, -0.2) is 4.79 Å². The Kier molecular flexibility index (Phi) is 3.85. The van der Waals surface area contributed by atoms with Crippen molar-refractivity contribution in [1.82, 2.24) is 9.88 Å². The molecule has 2 fully saturated rings. The first-order chi connectivity index (χ1) is 10.1. The molecule has 0 radical (unpaired) electrons. The van der Waals surface area contributed by atoms with Crippen molar-refractivity contribution in [3.05, 3.63) is 29.0 Å². The second kappa shape index (κ2) is 5.64. The van der Waals surface area contributed by atoms with Crippen LogP contribution in [0.3, 0.4) is 0 Å². The summed E-state index contributed by atoms with van der Waals surface area (Å²) in [6.07, 6.45) is 7.51. The van der Waals surface area contributed by atoms with Crippen molar-refractivity contribution in [3.63, 3.8) is 0 Å². The van der Waals surface area contributed by atoms with Gasteiger partial charge in [-0.2, -0.15) is 0 Å². The number of hydrogen-bond donors (Lipinski definition) is 1. The highest BCUT2D eigenvalue weighted by molar-refractivity contribution is 6.33. The lowest BCUT2D eigenvalue weighted by molar-refractivity contribution is -0.141. The molecule has 5 nitrogen and oxygen atoms in total. The summed E-state index contributed by atoms with van der Waals surface area (Å²) in [5.74, 6) is -0.920. The Balaban J connectivity index is 1.95. The third-order valence-electron chi connectivity index (χ3n) is 4.61. The molecule has 1 aromatic heterocycles. The first-order valence-corrected chi connectivity index (χ1v) is 7.62. The van der Waals surface area contributed by atoms with Crippen LogP contribution in [0.5, 0.6) is 0 Å². The van der Waals surface area contributed by atoms with Gasteiger partial charge in [0, 0.05) is 18.4 Å². The van der Waals surface area contributed by atoms with Crippen LogP contribution in [0.15, 0.2) is 18.5 Å². The first-order valence-electron chi connectivity index (χ1n) is 7.24. The predicted molar refractivity (Wildman–Crippen MR) is 77.2 cm³/mol. The van der Waals surface area contributed by atoms with Gasteiger partial charge in [0.1, 0.15) is 6.04 Å². The minimum Gasteiger partial charge on any atom is -0.480 e. The highest BCUT2D eigenvalue weighted by Crippen LogP contribution is 2.40. The fourth-order valence-corrected chi connectivity index (χ4v) is 3.86. The molecule has 1 aromatic rings. The average molecular weight is 309 g/mol. The number of aliphatic carboxylic acids is 1. The summed E-state index contributed by atoms with van der Waals surface area (Å²) in [7, 11) is 0. The van der Waals surface area contributed by atoms with Crippen molar-refractivity contribution < 1.29 is 14.7 Å². The number of amides is 1. The third kappa shape index (κ3) is 2.50. The molecule has 0 spiro atoms. The SMILES string of the molecule is O=C(O)[C@@H]1C[C@@H]2CCCC[C@H]2N1C(=O)c1ccncc1Cl. The summed E-state index contributed by atoms with van der Waals surface area (Å²) < 4.78 is 0. The number of likely N-dealkylation sites (tertiary alicyclic amines) is 1. The number of carbonyl (C=O) groups is 2. The lowest BCUT2D eigenvalue weighted by atomic mass is 9.84. The maximum Gasteiger partial charge on any atom is 0.326 e. The van der Waals surface area contributed by atoms with Crippen LogP contribution in [0.25, 0.3) is 0 Å². The van der Waals surface area contributed by atoms with E-state index in [1.807, 2.05) is 0 Å². The number of nitrogens with zero attached hydrogens (tertiary/aromatic N) is 2. The van der Waals surface area contributed by atoms with Crippen molar-refractivity contribution >= 4 is 23.5 Å². The Morgan fingerprint density at radius 2 is 2.10 bits per heavy atom. The normalized spacial score (nSPS) is 28.2. The van der Waals surface area contributed by atoms with Crippen molar-refractivity contribution in [2.45, 2.75) is 44.2 Å². The standard InChI is InChI=1S/C15H17ClN2O3/c16-11-8-17-6-5-10(11)14(19)18-12-4-2-1-3-9(12)7-13(18)15(20)21/h5-6,8-9,12-13H,1-4,7H2,(H,20,21)/t9-,12+,13-/m0/s1. The molecular weight excluding hydrogens is 292 g/mol. The van der Waals surface area contributed by atoms with E-state index in [0.717, 1.165) is 25.7 Å². The van der Waals surface area contributed by atoms with Crippen molar-refractivity contribution in [3.8, 4) is 0 Å². The minimum absolute atomic E-state index is 0.0246. The van der Waals surface area contributed by atoms with Gasteiger partial charge in [-0.15, -0.1) is 0 Å². The molecule has 3 rings (SSSR count). The number of hydrogen-bond acceptors (Lipinski definition) is 3. The van der Waals surface area contributed by atoms with Gasteiger partial charge in [0.2, 0.25) is 0 Å². The molecule has 2 aliphatic rings. The van der Waals surface area contributed by atoms with Crippen molar-refractivity contribution in [2.75, 3.05) is 0 Å². The molecule has 3 atom stereocenters. The van der Waals surface area contributed by atoms with E-state index in [-0.39, 0.29) is 17.0 Å². The summed E-state index contributed by atoms with van der Waals surface area (Å²) in [4.78, 5) is 29.7. The van der Waals surface area contributed by atoms with Crippen molar-refractivity contribution in [1.29, 1.82) is 0 Å². The number of pyridine rings is 1. The number of carboxylic acid groups (broad SMARTS) is 1. The Morgan fingerprint density at radius 1 is 1.33 bits per heavy atom. The maximum atomic E-state index is 12.8. The van der Waals surface area contributed by atoms with E-state index >= 15 is 0 Å². The molecule has 1 saturated carbocycles. The van der Waals surface area contributed by atoms with Crippen LogP contribution in [0.1, 0.15) is 42.5 Å². The van der Waals surface area contributed by atoms with E-state index in [0.29, 0.717) is 17.9 Å². The summed E-state index contributed by atoms with van der Waals surface area (Å²) in [6, 6.07) is 0.839. The van der Waals surface area contributed by atoms with Crippen LogP contribution in [0, 0.1) is 5.92 Å². The third-order valence-corrected chi connectivity index (χ3v) is 4.91. The van der Waals surface area contributed by atoms with Gasteiger partial charge in [0.15, 0.2) is 0 Å². The summed E-state index contributed by atoms with van der Waals surface area (Å²) in [5, 5.41) is 9.73. The number of fused-ring (bicyclic) bond motifs is 1. The van der Waals surface area contributed by atoms with E-state index < -0.39 is 12.0 Å². The molecule has 1 aliphatic carbocycles. The maximum absolute atomic E-state index is 12.8. The molecular formula is C15H17ClN2O3. The molecule has 1 amide bonds. The molecule has 1 aliphatic heterocycles. The van der Waals surface area contributed by atoms with E-state index in [9.17, 15) is 14.7 Å². The Hall–Kier alpha value is -1.62. The lowest BCUT2D eigenvalue weighted by Crippen LogP contribution is -2.46. The molecule has 1 N–H and O–H groups in total. The summed E-state index contributed by atoms with van der Waals surface area (Å²) in [5.41, 5.74) is 0.337. The Morgan fingerprint density at radius 3 is 2.81 bits per heavy atom. The number of aromatic nitrogens is 1. The molecule has 0 aromatic carbocycles. The highest BCUT2D eigenvalue weighted by atomic mass is 35.5. The topological polar surface area (TPSA) is 70.5 Å². The molecule has 0 unspecified atom stereocenters. The fourth-order valence-electron chi connectivity index (χ4n) is 3.66. The van der Waals surface area contributed by atoms with Gasteiger partial charge in [-0.3, -0.25) is 9.78 Å². The van der Waals surface area contributed by atoms with Gasteiger partial charge >= 0.3 is 5.97 Å². The Bertz CT molecular complexity index is 578. The van der Waals surface area contributed by atoms with Gasteiger partial charge in [-0.1, -0.05) is 24.4 Å². The van der Waals surface area contributed by atoms with E-state index in [1.54, 1.807) is 11.0 Å². The smallest absolute Gasteiger partial charge is 0.326 e. The number of halogens is 1. The number of rotatable bonds is 2. The molecule has 112 valence electrons. The second-order valence-corrected chi connectivity index (χ2v) is 6.18. The zero-order valence-corrected chi connectivity index (χ0v) is 12.3. The lowest BCUT2D eigenvalue weighted by Gasteiger charge is -2.33. The van der Waals surface area contributed by atoms with Gasteiger partial charge in [0.05, 0.1) is 10.6 Å². The summed E-state index contributed by atoms with van der Waals surface area (Å²) in [6.45, 7) is 0. The van der Waals surface area contributed by atoms with E-state index in [1.165, 1.54) is 12.4 Å². The molecule has 21 heavy (non-hydrogen) atoms.